The Morgan fingerprint density at radius 3 is 2.61 bits per heavy atom. The Balaban J connectivity index is 1.38. The van der Waals surface area contributed by atoms with E-state index in [0.29, 0.717) is 65.9 Å². The molecular weight excluding hydrogens is 463 g/mol. The van der Waals surface area contributed by atoms with E-state index >= 15 is 0 Å². The predicted octanol–water partition coefficient (Wildman–Crippen LogP) is 4.04. The van der Waals surface area contributed by atoms with Crippen molar-refractivity contribution in [1.82, 2.24) is 19.4 Å². The predicted molar refractivity (Wildman–Crippen MR) is 130 cm³/mol. The van der Waals surface area contributed by atoms with Gasteiger partial charge in [0.1, 0.15) is 5.82 Å². The van der Waals surface area contributed by atoms with E-state index in [1.54, 1.807) is 22.8 Å². The van der Waals surface area contributed by atoms with E-state index in [-0.39, 0.29) is 23.0 Å². The van der Waals surface area contributed by atoms with E-state index in [1.165, 1.54) is 17.8 Å². The van der Waals surface area contributed by atoms with Crippen LogP contribution in [-0.2, 0) is 17.9 Å². The van der Waals surface area contributed by atoms with Crippen LogP contribution in [0.3, 0.4) is 0 Å². The molecule has 6 nitrogen and oxygen atoms in total. The largest absolute Gasteiger partial charge is 0.339 e. The molecule has 174 valence electrons. The lowest BCUT2D eigenvalue weighted by Crippen LogP contribution is -2.49. The Bertz CT molecular complexity index is 1190. The summed E-state index contributed by atoms with van der Waals surface area (Å²) in [4.78, 5) is 34.3. The number of nitrogens with zero attached hydrogens (tertiary/aromatic N) is 4. The van der Waals surface area contributed by atoms with Crippen molar-refractivity contribution in [1.29, 1.82) is 0 Å². The molecule has 0 spiro atoms. The molecule has 0 radical (unpaired) electrons. The zero-order chi connectivity index (χ0) is 23.4. The number of hydrogen-bond donors (Lipinski definition) is 0. The van der Waals surface area contributed by atoms with E-state index in [9.17, 15) is 14.0 Å². The number of carbonyl (C=O) groups is 1. The molecule has 33 heavy (non-hydrogen) atoms. The second-order valence-electron chi connectivity index (χ2n) is 8.01. The highest BCUT2D eigenvalue weighted by Gasteiger charge is 2.23. The lowest BCUT2D eigenvalue weighted by Gasteiger charge is -2.35. The molecule has 9 heteroatoms. The van der Waals surface area contributed by atoms with Crippen LogP contribution in [0.1, 0.15) is 18.9 Å². The third-order valence-corrected chi connectivity index (χ3v) is 7.08. The zero-order valence-corrected chi connectivity index (χ0v) is 20.0. The molecule has 0 aliphatic carbocycles. The van der Waals surface area contributed by atoms with Gasteiger partial charge < -0.3 is 4.90 Å². The molecule has 0 N–H and O–H groups in total. The molecule has 1 aliphatic rings. The van der Waals surface area contributed by atoms with Gasteiger partial charge in [-0.05, 0) is 30.7 Å². The van der Waals surface area contributed by atoms with Gasteiger partial charge in [-0.2, -0.15) is 0 Å². The van der Waals surface area contributed by atoms with E-state index in [1.807, 2.05) is 30.0 Å². The van der Waals surface area contributed by atoms with Gasteiger partial charge in [-0.3, -0.25) is 19.1 Å². The first kappa shape index (κ1) is 23.7. The lowest BCUT2D eigenvalue weighted by atomic mass is 10.2. The molecule has 0 bridgehead atoms. The Labute approximate surface area is 201 Å². The third kappa shape index (κ3) is 5.39. The second kappa shape index (κ2) is 10.7. The minimum Gasteiger partial charge on any atom is -0.339 e. The SMILES string of the molecule is CCCn1c(SCC(=O)N2CCN(Cc3c(F)cccc3Cl)CC2)nc2ccccc2c1=O. The average Bonchev–Trinajstić information content (AvgIpc) is 2.82. The topological polar surface area (TPSA) is 58.4 Å². The van der Waals surface area contributed by atoms with Crippen molar-refractivity contribution in [2.45, 2.75) is 31.6 Å². The molecule has 1 aromatic heterocycles. The van der Waals surface area contributed by atoms with Gasteiger partial charge in [-0.25, -0.2) is 9.37 Å². The van der Waals surface area contributed by atoms with Gasteiger partial charge in [-0.15, -0.1) is 0 Å². The van der Waals surface area contributed by atoms with Crippen molar-refractivity contribution in [2.24, 2.45) is 0 Å². The average molecular weight is 489 g/mol. The number of rotatable bonds is 7. The molecule has 4 rings (SSSR count). The molecule has 0 atom stereocenters. The van der Waals surface area contributed by atoms with Crippen LogP contribution in [0, 0.1) is 5.82 Å². The number of thioether (sulfide) groups is 1. The molecule has 1 saturated heterocycles. The smallest absolute Gasteiger partial charge is 0.262 e. The van der Waals surface area contributed by atoms with Crippen molar-refractivity contribution in [3.05, 3.63) is 69.2 Å². The Kier molecular flexibility index (Phi) is 7.67. The Hall–Kier alpha value is -2.42. The Morgan fingerprint density at radius 2 is 1.88 bits per heavy atom. The normalized spacial score (nSPS) is 14.7. The standard InChI is InChI=1S/C24H26ClFN4O2S/c1-2-10-30-23(32)17-6-3-4-9-21(17)27-24(30)33-16-22(31)29-13-11-28(12-14-29)15-18-19(25)7-5-8-20(18)26/h3-9H,2,10-16H2,1H3. The van der Waals surface area contributed by atoms with Crippen LogP contribution in [-0.4, -0.2) is 57.2 Å². The van der Waals surface area contributed by atoms with Gasteiger partial charge in [0.2, 0.25) is 5.91 Å². The highest BCUT2D eigenvalue weighted by Crippen LogP contribution is 2.22. The molecule has 1 aliphatic heterocycles. The quantitative estimate of drug-likeness (QED) is 0.371. The van der Waals surface area contributed by atoms with Gasteiger partial charge in [0.15, 0.2) is 5.16 Å². The Morgan fingerprint density at radius 1 is 1.12 bits per heavy atom. The first-order valence-electron chi connectivity index (χ1n) is 11.0. The van der Waals surface area contributed by atoms with Gasteiger partial charge in [0.05, 0.1) is 16.7 Å². The summed E-state index contributed by atoms with van der Waals surface area (Å²) < 4.78 is 15.7. The van der Waals surface area contributed by atoms with Crippen LogP contribution in [0.25, 0.3) is 10.9 Å². The van der Waals surface area contributed by atoms with Crippen molar-refractivity contribution in [3.8, 4) is 0 Å². The molecule has 0 saturated carbocycles. The summed E-state index contributed by atoms with van der Waals surface area (Å²) in [5, 5.41) is 1.58. The maximum atomic E-state index is 14.1. The number of hydrogen-bond acceptors (Lipinski definition) is 5. The fourth-order valence-electron chi connectivity index (χ4n) is 3.96. The fourth-order valence-corrected chi connectivity index (χ4v) is 5.11. The van der Waals surface area contributed by atoms with Crippen molar-refractivity contribution < 1.29 is 9.18 Å². The molecule has 2 aromatic carbocycles. The van der Waals surface area contributed by atoms with Crippen LogP contribution in [0.5, 0.6) is 0 Å². The third-order valence-electron chi connectivity index (χ3n) is 5.77. The zero-order valence-electron chi connectivity index (χ0n) is 18.5. The number of piperazine rings is 1. The summed E-state index contributed by atoms with van der Waals surface area (Å²) in [6.07, 6.45) is 0.801. The van der Waals surface area contributed by atoms with Crippen LogP contribution in [0.15, 0.2) is 52.4 Å². The first-order chi connectivity index (χ1) is 16.0. The number of para-hydroxylation sites is 1. The summed E-state index contributed by atoms with van der Waals surface area (Å²) in [6.45, 7) is 5.43. The van der Waals surface area contributed by atoms with Gasteiger partial charge in [0.25, 0.3) is 5.56 Å². The molecule has 3 aromatic rings. The van der Waals surface area contributed by atoms with Gasteiger partial charge >= 0.3 is 0 Å². The molecule has 2 heterocycles. The summed E-state index contributed by atoms with van der Waals surface area (Å²) in [5.41, 5.74) is 1.06. The lowest BCUT2D eigenvalue weighted by molar-refractivity contribution is -0.130. The monoisotopic (exact) mass is 488 g/mol. The van der Waals surface area contributed by atoms with Crippen LogP contribution >= 0.6 is 23.4 Å². The van der Waals surface area contributed by atoms with Crippen LogP contribution in [0.4, 0.5) is 4.39 Å². The summed E-state index contributed by atoms with van der Waals surface area (Å²) in [6, 6.07) is 12.0. The van der Waals surface area contributed by atoms with E-state index in [2.05, 4.69) is 9.88 Å². The molecule has 1 fully saturated rings. The number of halogens is 2. The highest BCUT2D eigenvalue weighted by atomic mass is 35.5. The summed E-state index contributed by atoms with van der Waals surface area (Å²) >= 11 is 7.45. The second-order valence-corrected chi connectivity index (χ2v) is 9.36. The highest BCUT2D eigenvalue weighted by molar-refractivity contribution is 7.99. The molecular formula is C24H26ClFN4O2S. The number of benzene rings is 2. The van der Waals surface area contributed by atoms with Crippen molar-refractivity contribution in [2.75, 3.05) is 31.9 Å². The molecule has 0 unspecified atom stereocenters. The number of aromatic nitrogens is 2. The summed E-state index contributed by atoms with van der Waals surface area (Å²) in [7, 11) is 0. The van der Waals surface area contributed by atoms with Gasteiger partial charge in [-0.1, -0.05) is 48.5 Å². The number of carbonyl (C=O) groups excluding carboxylic acids is 1. The van der Waals surface area contributed by atoms with E-state index in [4.69, 9.17) is 11.6 Å². The van der Waals surface area contributed by atoms with Crippen LogP contribution < -0.4 is 5.56 Å². The van der Waals surface area contributed by atoms with Crippen molar-refractivity contribution in [3.63, 3.8) is 0 Å². The maximum absolute atomic E-state index is 14.1. The minimum absolute atomic E-state index is 0.00836. The van der Waals surface area contributed by atoms with Crippen molar-refractivity contribution >= 4 is 40.2 Å². The summed E-state index contributed by atoms with van der Waals surface area (Å²) in [5.74, 6) is -0.0828. The molecule has 1 amide bonds. The van der Waals surface area contributed by atoms with Gasteiger partial charge in [0, 0.05) is 49.9 Å². The maximum Gasteiger partial charge on any atom is 0.262 e. The fraction of sp³-hybridized carbons (Fsp3) is 0.375. The van der Waals surface area contributed by atoms with Crippen LogP contribution in [0.2, 0.25) is 5.02 Å². The number of fused-ring (bicyclic) bond motifs is 1. The van der Waals surface area contributed by atoms with E-state index in [0.717, 1.165) is 6.42 Å². The minimum atomic E-state index is -0.307. The van der Waals surface area contributed by atoms with E-state index < -0.39 is 0 Å². The first-order valence-corrected chi connectivity index (χ1v) is 12.4. The number of amides is 1.